The number of ether oxygens (including phenoxy) is 1. The van der Waals surface area contributed by atoms with E-state index in [9.17, 15) is 38.0 Å². The van der Waals surface area contributed by atoms with Crippen LogP contribution in [0.2, 0.25) is 0 Å². The maximum atomic E-state index is 13.8. The molecule has 0 aromatic heterocycles. The lowest BCUT2D eigenvalue weighted by Crippen LogP contribution is -2.50. The Bertz CT molecular complexity index is 1640. The molecule has 1 aliphatic carbocycles. The number of nitrogens with one attached hydrogen (secondary N) is 2. The number of anilines is 1. The first-order valence-electron chi connectivity index (χ1n) is 17.6. The molecule has 0 unspecified atom stereocenters. The number of ketones is 2. The molecular weight excluding hydrogens is 659 g/mol. The van der Waals surface area contributed by atoms with E-state index in [1.807, 2.05) is 0 Å². The molecule has 2 N–H and O–H groups in total. The number of Topliss-reactive ketones (excluding diaryl/α,β-unsaturated/α-hetero) is 2. The fraction of sp³-hybridized carbons (Fsp3) is 0.500. The molecule has 0 bridgehead atoms. The van der Waals surface area contributed by atoms with Crippen molar-refractivity contribution in [1.29, 1.82) is 0 Å². The minimum absolute atomic E-state index is 0.0000579. The molecule has 4 rings (SSSR count). The lowest BCUT2D eigenvalue weighted by Gasteiger charge is -2.31. The summed E-state index contributed by atoms with van der Waals surface area (Å²) in [6.07, 6.45) is 5.11. The molecule has 2 aromatic rings. The minimum atomic E-state index is -1.57. The molecule has 12 nitrogen and oxygen atoms in total. The van der Waals surface area contributed by atoms with E-state index < -0.39 is 41.9 Å². The van der Waals surface area contributed by atoms with Gasteiger partial charge in [-0.15, -0.1) is 0 Å². The van der Waals surface area contributed by atoms with E-state index in [2.05, 4.69) is 10.6 Å². The van der Waals surface area contributed by atoms with Gasteiger partial charge in [0, 0.05) is 69.4 Å². The number of imide groups is 1. The Balaban J connectivity index is 1.34. The molecule has 1 saturated heterocycles. The third-order valence-corrected chi connectivity index (χ3v) is 9.30. The molecule has 274 valence electrons. The molecule has 1 fully saturated rings. The van der Waals surface area contributed by atoms with Crippen molar-refractivity contribution in [2.45, 2.75) is 110 Å². The van der Waals surface area contributed by atoms with E-state index in [1.54, 1.807) is 32.0 Å². The zero-order chi connectivity index (χ0) is 37.1. The topological polar surface area (TPSA) is 159 Å². The summed E-state index contributed by atoms with van der Waals surface area (Å²) in [5.74, 6) is -2.12. The SMILES string of the molecule is CC(=O)CCCCCCCC(=O)CCC(=O)NC[C@H](C)N(Cc1ccc(F)cc1)C(=O)CN1C(=O)O[C@@]2(CCc3cc(NC(C)=O)ccc32)C1=O. The number of unbranched alkanes of at least 4 members (excludes halogenated alkanes) is 4. The predicted molar refractivity (Wildman–Crippen MR) is 186 cm³/mol. The highest BCUT2D eigenvalue weighted by Gasteiger charge is 2.58. The summed E-state index contributed by atoms with van der Waals surface area (Å²) in [6.45, 7) is 4.11. The van der Waals surface area contributed by atoms with Crippen molar-refractivity contribution in [3.05, 3.63) is 65.0 Å². The van der Waals surface area contributed by atoms with E-state index >= 15 is 0 Å². The number of carbonyl (C=O) groups is 7. The van der Waals surface area contributed by atoms with Crippen LogP contribution in [-0.4, -0.2) is 70.2 Å². The van der Waals surface area contributed by atoms with Gasteiger partial charge in [-0.05, 0) is 68.5 Å². The van der Waals surface area contributed by atoms with Crippen molar-refractivity contribution >= 4 is 47.0 Å². The van der Waals surface area contributed by atoms with Crippen LogP contribution in [0.25, 0.3) is 0 Å². The van der Waals surface area contributed by atoms with E-state index in [0.717, 1.165) is 42.6 Å². The predicted octanol–water partition coefficient (Wildman–Crippen LogP) is 5.11. The summed E-state index contributed by atoms with van der Waals surface area (Å²) >= 11 is 0. The van der Waals surface area contributed by atoms with E-state index in [0.29, 0.717) is 36.1 Å². The lowest BCUT2D eigenvalue weighted by atomic mass is 9.94. The molecule has 1 heterocycles. The Kier molecular flexibility index (Phi) is 13.6. The highest BCUT2D eigenvalue weighted by Crippen LogP contribution is 2.46. The van der Waals surface area contributed by atoms with Crippen LogP contribution in [0.4, 0.5) is 14.9 Å². The second-order valence-electron chi connectivity index (χ2n) is 13.4. The average molecular weight is 707 g/mol. The van der Waals surface area contributed by atoms with Crippen LogP contribution in [0.15, 0.2) is 42.5 Å². The Morgan fingerprint density at radius 2 is 1.61 bits per heavy atom. The quantitative estimate of drug-likeness (QED) is 0.191. The van der Waals surface area contributed by atoms with Gasteiger partial charge in [0.1, 0.15) is 23.9 Å². The van der Waals surface area contributed by atoms with Gasteiger partial charge in [0.05, 0.1) is 0 Å². The second kappa shape index (κ2) is 17.8. The van der Waals surface area contributed by atoms with Crippen molar-refractivity contribution in [3.8, 4) is 0 Å². The van der Waals surface area contributed by atoms with Gasteiger partial charge in [-0.25, -0.2) is 14.1 Å². The van der Waals surface area contributed by atoms with Crippen LogP contribution in [0.5, 0.6) is 0 Å². The summed E-state index contributed by atoms with van der Waals surface area (Å²) in [6, 6.07) is 9.96. The molecule has 0 saturated carbocycles. The van der Waals surface area contributed by atoms with Crippen LogP contribution in [0.1, 0.15) is 102 Å². The second-order valence-corrected chi connectivity index (χ2v) is 13.4. The summed E-state index contributed by atoms with van der Waals surface area (Å²) in [7, 11) is 0. The van der Waals surface area contributed by atoms with Crippen LogP contribution >= 0.6 is 0 Å². The van der Waals surface area contributed by atoms with Gasteiger partial charge in [-0.2, -0.15) is 0 Å². The normalized spacial score (nSPS) is 16.8. The first-order valence-corrected chi connectivity index (χ1v) is 17.6. The minimum Gasteiger partial charge on any atom is -0.427 e. The number of hydrogen-bond donors (Lipinski definition) is 2. The first-order chi connectivity index (χ1) is 24.3. The Labute approximate surface area is 297 Å². The van der Waals surface area contributed by atoms with Gasteiger partial charge in [-0.1, -0.05) is 37.5 Å². The molecule has 1 aliphatic heterocycles. The average Bonchev–Trinajstić information content (AvgIpc) is 3.56. The van der Waals surface area contributed by atoms with Gasteiger partial charge in [0.2, 0.25) is 23.3 Å². The van der Waals surface area contributed by atoms with Gasteiger partial charge in [-0.3, -0.25) is 24.0 Å². The number of aryl methyl sites for hydroxylation is 1. The molecule has 1 spiro atoms. The monoisotopic (exact) mass is 706 g/mol. The van der Waals surface area contributed by atoms with Crippen LogP contribution < -0.4 is 10.6 Å². The largest absolute Gasteiger partial charge is 0.427 e. The van der Waals surface area contributed by atoms with E-state index in [4.69, 9.17) is 4.74 Å². The zero-order valence-corrected chi connectivity index (χ0v) is 29.6. The number of nitrogens with zero attached hydrogens (tertiary/aromatic N) is 2. The third kappa shape index (κ3) is 10.5. The molecule has 2 atom stereocenters. The van der Waals surface area contributed by atoms with Gasteiger partial charge in [0.15, 0.2) is 0 Å². The summed E-state index contributed by atoms with van der Waals surface area (Å²) in [4.78, 5) is 90.4. The smallest absolute Gasteiger partial charge is 0.418 e. The highest BCUT2D eigenvalue weighted by atomic mass is 19.1. The molecule has 5 amide bonds. The van der Waals surface area contributed by atoms with Gasteiger partial charge >= 0.3 is 6.09 Å². The maximum Gasteiger partial charge on any atom is 0.418 e. The van der Waals surface area contributed by atoms with E-state index in [-0.39, 0.29) is 55.7 Å². The number of rotatable bonds is 19. The number of amides is 5. The fourth-order valence-corrected chi connectivity index (χ4v) is 6.50. The number of hydrogen-bond acceptors (Lipinski definition) is 8. The molecule has 2 aliphatic rings. The highest BCUT2D eigenvalue weighted by molar-refractivity contribution is 6.06. The van der Waals surface area contributed by atoms with Crippen molar-refractivity contribution in [1.82, 2.24) is 15.1 Å². The molecule has 51 heavy (non-hydrogen) atoms. The lowest BCUT2D eigenvalue weighted by molar-refractivity contribution is -0.143. The first kappa shape index (κ1) is 38.9. The van der Waals surface area contributed by atoms with Gasteiger partial charge in [0.25, 0.3) is 5.91 Å². The van der Waals surface area contributed by atoms with Crippen molar-refractivity contribution in [3.63, 3.8) is 0 Å². The van der Waals surface area contributed by atoms with Crippen molar-refractivity contribution in [2.24, 2.45) is 0 Å². The maximum absolute atomic E-state index is 13.8. The number of halogens is 1. The Hall–Kier alpha value is -4.94. The molecule has 2 aromatic carbocycles. The fourth-order valence-electron chi connectivity index (χ4n) is 6.50. The number of benzene rings is 2. The summed E-state index contributed by atoms with van der Waals surface area (Å²) in [5, 5.41) is 5.47. The van der Waals surface area contributed by atoms with Crippen molar-refractivity contribution in [2.75, 3.05) is 18.4 Å². The van der Waals surface area contributed by atoms with E-state index in [1.165, 1.54) is 36.1 Å². The zero-order valence-electron chi connectivity index (χ0n) is 29.6. The number of carbonyl (C=O) groups excluding carboxylic acids is 7. The number of fused-ring (bicyclic) bond motifs is 2. The van der Waals surface area contributed by atoms with Crippen LogP contribution in [-0.2, 0) is 52.1 Å². The summed E-state index contributed by atoms with van der Waals surface area (Å²) < 4.78 is 19.3. The summed E-state index contributed by atoms with van der Waals surface area (Å²) in [5.41, 5.74) is 0.826. The molecule has 0 radical (unpaired) electrons. The Morgan fingerprint density at radius 1 is 0.922 bits per heavy atom. The van der Waals surface area contributed by atoms with Crippen molar-refractivity contribution < 1.29 is 42.7 Å². The van der Waals surface area contributed by atoms with Crippen LogP contribution in [0.3, 0.4) is 0 Å². The molecular formula is C38H47FN4O8. The molecule has 13 heteroatoms. The van der Waals surface area contributed by atoms with Crippen LogP contribution in [0, 0.1) is 5.82 Å². The standard InChI is InChI=1S/C38H47FN4O8/c1-25(22-40-34(47)18-16-32(46)10-8-6-4-5-7-9-26(2)44)42(23-28-11-13-30(39)14-12-28)35(48)24-43-36(49)38(51-37(43)50)20-19-29-21-31(41-27(3)45)15-17-33(29)38/h11-15,17,21,25H,4-10,16,18-20,22-24H2,1-3H3,(H,40,47)(H,41,45)/t25-,38+/m0/s1. The third-order valence-electron chi connectivity index (χ3n) is 9.30. The Morgan fingerprint density at radius 3 is 2.29 bits per heavy atom. The van der Waals surface area contributed by atoms with Gasteiger partial charge < -0.3 is 25.1 Å².